The fraction of sp³-hybridized carbons (Fsp3) is 0.269. The number of rotatable bonds is 4. The molecule has 0 bridgehead atoms. The number of carbonyl (C=O) groups excluding carboxylic acids is 2. The Morgan fingerprint density at radius 1 is 1.00 bits per heavy atom. The summed E-state index contributed by atoms with van der Waals surface area (Å²) in [4.78, 5) is 32.6. The summed E-state index contributed by atoms with van der Waals surface area (Å²) in [5.41, 5.74) is 3.33. The molecule has 1 aliphatic heterocycles. The van der Waals surface area contributed by atoms with Gasteiger partial charge in [0.15, 0.2) is 0 Å². The molecular weight excluding hydrogens is 513 g/mol. The van der Waals surface area contributed by atoms with E-state index in [2.05, 4.69) is 45.7 Å². The molecule has 0 radical (unpaired) electrons. The Morgan fingerprint density at radius 2 is 1.69 bits per heavy atom. The number of aromatic amines is 1. The Bertz CT molecular complexity index is 1300. The number of carbonyl (C=O) groups is 2. The number of Topliss-reactive ketones (excluding diaryl/α,β-unsaturated/α-hetero) is 2. The second kappa shape index (κ2) is 7.99. The molecule has 2 unspecified atom stereocenters. The lowest BCUT2D eigenvalue weighted by molar-refractivity contribution is -0.538. The van der Waals surface area contributed by atoms with Crippen LogP contribution >= 0.6 is 0 Å². The van der Waals surface area contributed by atoms with Crippen LogP contribution in [-0.2, 0) is 0 Å². The Labute approximate surface area is 203 Å². The minimum Gasteiger partial charge on any atom is -1.00 e. The minimum absolute atomic E-state index is 0. The summed E-state index contributed by atoms with van der Waals surface area (Å²) in [6, 6.07) is 14.9. The summed E-state index contributed by atoms with van der Waals surface area (Å²) < 4.78 is 2.13. The smallest absolute Gasteiger partial charge is 0.273 e. The van der Waals surface area contributed by atoms with Crippen molar-refractivity contribution >= 4 is 34.4 Å². The minimum atomic E-state index is -0.449. The van der Waals surface area contributed by atoms with E-state index in [1.807, 2.05) is 30.5 Å². The van der Waals surface area contributed by atoms with Crippen LogP contribution in [0.2, 0.25) is 0 Å². The van der Waals surface area contributed by atoms with Crippen molar-refractivity contribution in [3.8, 4) is 0 Å². The number of nitrogens with one attached hydrogen (secondary N) is 1. The highest BCUT2D eigenvalue weighted by Crippen LogP contribution is 2.38. The van der Waals surface area contributed by atoms with Gasteiger partial charge >= 0.3 is 0 Å². The Kier molecular flexibility index (Phi) is 5.28. The van der Waals surface area contributed by atoms with Crippen LogP contribution in [0, 0.1) is 0 Å². The highest BCUT2D eigenvalue weighted by molar-refractivity contribution is 6.20. The topological polar surface area (TPSA) is 56.2 Å². The summed E-state index contributed by atoms with van der Waals surface area (Å²) in [5, 5.41) is 1.16. The largest absolute Gasteiger partial charge is 1.00 e. The summed E-state index contributed by atoms with van der Waals surface area (Å²) >= 11 is 0. The zero-order valence-electron chi connectivity index (χ0n) is 17.8. The van der Waals surface area contributed by atoms with Crippen molar-refractivity contribution in [3.63, 3.8) is 0 Å². The molecule has 2 aromatic carbocycles. The van der Waals surface area contributed by atoms with Crippen molar-refractivity contribution in [2.45, 2.75) is 37.9 Å². The van der Waals surface area contributed by atoms with Gasteiger partial charge in [-0.2, -0.15) is 0 Å². The van der Waals surface area contributed by atoms with Gasteiger partial charge < -0.3 is 29.0 Å². The number of likely N-dealkylation sites (N-methyl/N-ethyl adjacent to an activating group) is 1. The van der Waals surface area contributed by atoms with Gasteiger partial charge in [-0.25, -0.2) is 9.48 Å². The van der Waals surface area contributed by atoms with E-state index in [-0.39, 0.29) is 35.5 Å². The molecule has 6 rings (SSSR count). The third-order valence-electron chi connectivity index (χ3n) is 6.80. The van der Waals surface area contributed by atoms with E-state index in [9.17, 15) is 9.59 Å². The molecule has 0 amide bonds. The highest BCUT2D eigenvalue weighted by atomic mass is 127. The molecule has 32 heavy (non-hydrogen) atoms. The zero-order valence-corrected chi connectivity index (χ0v) is 20.0. The van der Waals surface area contributed by atoms with E-state index in [1.165, 1.54) is 0 Å². The SMILES string of the molecule is CC[N+]1=C(/C=C/c2c[nH]c3ccccc23)N(C2CC2)C2C(=O)c3ccccc3C(=O)C21.[I-]. The van der Waals surface area contributed by atoms with E-state index in [1.54, 1.807) is 12.1 Å². The maximum atomic E-state index is 13.5. The second-order valence-corrected chi connectivity index (χ2v) is 8.57. The number of nitrogens with zero attached hydrogens (tertiary/aromatic N) is 2. The lowest BCUT2D eigenvalue weighted by Crippen LogP contribution is -3.00. The van der Waals surface area contributed by atoms with Crippen LogP contribution in [0.5, 0.6) is 0 Å². The van der Waals surface area contributed by atoms with Gasteiger partial charge in [0.25, 0.3) is 5.84 Å². The maximum Gasteiger partial charge on any atom is 0.273 e. The monoisotopic (exact) mass is 537 g/mol. The molecule has 2 atom stereocenters. The number of aromatic nitrogens is 1. The quantitative estimate of drug-likeness (QED) is 0.398. The van der Waals surface area contributed by atoms with Crippen LogP contribution in [0.15, 0.2) is 60.8 Å². The Morgan fingerprint density at radius 3 is 2.41 bits per heavy atom. The molecule has 1 aromatic heterocycles. The van der Waals surface area contributed by atoms with Gasteiger partial charge in [0, 0.05) is 39.9 Å². The van der Waals surface area contributed by atoms with Crippen LogP contribution in [0.25, 0.3) is 17.0 Å². The zero-order chi connectivity index (χ0) is 21.1. The van der Waals surface area contributed by atoms with Crippen LogP contribution in [0.3, 0.4) is 0 Å². The van der Waals surface area contributed by atoms with E-state index >= 15 is 0 Å². The van der Waals surface area contributed by atoms with Gasteiger partial charge in [-0.1, -0.05) is 42.5 Å². The molecule has 6 heteroatoms. The Balaban J connectivity index is 0.00000216. The van der Waals surface area contributed by atoms with Gasteiger partial charge in [0.05, 0.1) is 12.6 Å². The standard InChI is InChI=1S/C26H23N3O2.HI/c1-2-28-22(14-11-16-15-27-21-10-6-5-7-18(16)21)29(17-12-13-17)24-23(28)25(30)19-8-3-4-9-20(19)26(24)31;/h3-11,14-15,17,23-24H,2,12-13H2,1H3;1H. The number of H-pyrrole nitrogens is 1. The molecular formula is C26H24IN3O2. The highest BCUT2D eigenvalue weighted by Gasteiger charge is 2.60. The molecule has 0 saturated heterocycles. The predicted octanol–water partition coefficient (Wildman–Crippen LogP) is 0.910. The van der Waals surface area contributed by atoms with Crippen molar-refractivity contribution in [1.82, 2.24) is 9.88 Å². The molecule has 2 aliphatic carbocycles. The van der Waals surface area contributed by atoms with Gasteiger partial charge in [0.1, 0.15) is 0 Å². The number of hydrogen-bond acceptors (Lipinski definition) is 3. The number of amidine groups is 1. The van der Waals surface area contributed by atoms with E-state index in [0.717, 1.165) is 35.1 Å². The number of para-hydroxylation sites is 1. The molecule has 1 saturated carbocycles. The fourth-order valence-electron chi connectivity index (χ4n) is 5.25. The summed E-state index contributed by atoms with van der Waals surface area (Å²) in [6.07, 6.45) is 8.34. The first-order chi connectivity index (χ1) is 15.2. The van der Waals surface area contributed by atoms with Crippen LogP contribution in [0.4, 0.5) is 0 Å². The van der Waals surface area contributed by atoms with Gasteiger partial charge in [-0.3, -0.25) is 9.59 Å². The number of hydrogen-bond donors (Lipinski definition) is 1. The molecule has 0 spiro atoms. The Hall–Kier alpha value is -2.74. The van der Waals surface area contributed by atoms with Crippen LogP contribution < -0.4 is 24.0 Å². The van der Waals surface area contributed by atoms with Gasteiger partial charge in [-0.05, 0) is 31.9 Å². The molecule has 1 fully saturated rings. The van der Waals surface area contributed by atoms with Crippen molar-refractivity contribution in [2.75, 3.05) is 6.54 Å². The van der Waals surface area contributed by atoms with Crippen molar-refractivity contribution in [1.29, 1.82) is 0 Å². The van der Waals surface area contributed by atoms with E-state index in [0.29, 0.717) is 23.7 Å². The number of halogens is 1. The van der Waals surface area contributed by atoms with E-state index in [4.69, 9.17) is 0 Å². The lowest BCUT2D eigenvalue weighted by Gasteiger charge is -2.27. The van der Waals surface area contributed by atoms with Crippen molar-refractivity contribution < 1.29 is 38.1 Å². The first-order valence-electron chi connectivity index (χ1n) is 11.0. The first kappa shape index (κ1) is 21.1. The molecule has 3 aromatic rings. The summed E-state index contributed by atoms with van der Waals surface area (Å²) in [7, 11) is 0. The average molecular weight is 537 g/mol. The van der Waals surface area contributed by atoms with Gasteiger partial charge in [0.2, 0.25) is 23.7 Å². The molecule has 1 N–H and O–H groups in total. The lowest BCUT2D eigenvalue weighted by atomic mass is 9.82. The van der Waals surface area contributed by atoms with Crippen LogP contribution in [0.1, 0.15) is 46.0 Å². The third kappa shape index (κ3) is 3.07. The van der Waals surface area contributed by atoms with Crippen molar-refractivity contribution in [3.05, 3.63) is 77.5 Å². The van der Waals surface area contributed by atoms with Crippen LogP contribution in [-0.4, -0.2) is 56.5 Å². The fourth-order valence-corrected chi connectivity index (χ4v) is 5.25. The first-order valence-corrected chi connectivity index (χ1v) is 11.0. The molecule has 162 valence electrons. The number of benzene rings is 2. The molecule has 3 aliphatic rings. The third-order valence-corrected chi connectivity index (χ3v) is 6.80. The molecule has 2 heterocycles. The van der Waals surface area contributed by atoms with E-state index < -0.39 is 12.1 Å². The number of fused-ring (bicyclic) bond motifs is 3. The molecule has 5 nitrogen and oxygen atoms in total. The second-order valence-electron chi connectivity index (χ2n) is 8.57. The average Bonchev–Trinajstić information content (AvgIpc) is 3.47. The van der Waals surface area contributed by atoms with Crippen molar-refractivity contribution in [2.24, 2.45) is 0 Å². The predicted molar refractivity (Wildman–Crippen MR) is 121 cm³/mol. The summed E-state index contributed by atoms with van der Waals surface area (Å²) in [6.45, 7) is 2.74. The van der Waals surface area contributed by atoms with Gasteiger partial charge in [-0.15, -0.1) is 0 Å². The maximum absolute atomic E-state index is 13.5. The summed E-state index contributed by atoms with van der Waals surface area (Å²) in [5.74, 6) is 1.11. The normalized spacial score (nSPS) is 22.5. The number of ketones is 2.